The number of hydrogen-bond acceptors (Lipinski definition) is 6. The molecule has 0 saturated carbocycles. The van der Waals surface area contributed by atoms with E-state index in [4.69, 9.17) is 10.6 Å². The normalized spacial score (nSPS) is 12.0. The third-order valence-corrected chi connectivity index (χ3v) is 4.31. The minimum atomic E-state index is -0.0498. The lowest BCUT2D eigenvalue weighted by atomic mass is 10.2. The Balaban J connectivity index is 2.09. The fourth-order valence-electron chi connectivity index (χ4n) is 1.94. The Kier molecular flexibility index (Phi) is 5.86. The molecule has 0 radical (unpaired) electrons. The number of nitrogens with one attached hydrogen (secondary N) is 1. The van der Waals surface area contributed by atoms with Crippen LogP contribution in [-0.4, -0.2) is 39.7 Å². The molecule has 0 saturated heterocycles. The molecule has 0 unspecified atom stereocenters. The van der Waals surface area contributed by atoms with Gasteiger partial charge in [0.1, 0.15) is 5.75 Å². The van der Waals surface area contributed by atoms with E-state index in [1.54, 1.807) is 7.11 Å². The molecule has 1 aromatic carbocycles. The summed E-state index contributed by atoms with van der Waals surface area (Å²) in [6.07, 6.45) is 0.890. The number of hydrogen-bond donors (Lipinski definition) is 2. The molecule has 0 fully saturated rings. The van der Waals surface area contributed by atoms with Crippen LogP contribution in [0.4, 0.5) is 0 Å². The van der Waals surface area contributed by atoms with Crippen LogP contribution in [0, 0.1) is 0 Å². The molecule has 2 aromatic rings. The van der Waals surface area contributed by atoms with Crippen molar-refractivity contribution in [2.75, 3.05) is 18.7 Å². The van der Waals surface area contributed by atoms with E-state index >= 15 is 0 Å². The molecule has 1 heterocycles. The molecule has 1 amide bonds. The van der Waals surface area contributed by atoms with E-state index in [0.29, 0.717) is 16.7 Å². The maximum Gasteiger partial charge on any atom is 0.230 e. The van der Waals surface area contributed by atoms with Crippen molar-refractivity contribution in [2.45, 2.75) is 31.5 Å². The molecule has 0 aliphatic heterocycles. The Morgan fingerprint density at radius 1 is 1.43 bits per heavy atom. The van der Waals surface area contributed by atoms with Crippen molar-refractivity contribution in [1.29, 1.82) is 0 Å². The zero-order valence-corrected chi connectivity index (χ0v) is 14.3. The molecular formula is C15H21N5O2S. The Bertz CT molecular complexity index is 674. The highest BCUT2D eigenvalue weighted by molar-refractivity contribution is 7.99. The SMILES string of the molecule is CC[C@H](C)NC(=O)CSc1nnc(-c2ccccc2OC)n1N. The van der Waals surface area contributed by atoms with Crippen LogP contribution in [-0.2, 0) is 4.79 Å². The molecule has 1 atom stereocenters. The maximum atomic E-state index is 11.8. The van der Waals surface area contributed by atoms with Crippen LogP contribution in [0.15, 0.2) is 29.4 Å². The van der Waals surface area contributed by atoms with Crippen LogP contribution in [0.3, 0.4) is 0 Å². The van der Waals surface area contributed by atoms with Gasteiger partial charge < -0.3 is 15.9 Å². The summed E-state index contributed by atoms with van der Waals surface area (Å²) >= 11 is 1.25. The second kappa shape index (κ2) is 7.87. The molecule has 1 aromatic heterocycles. The van der Waals surface area contributed by atoms with Gasteiger partial charge in [0, 0.05) is 6.04 Å². The predicted octanol–water partition coefficient (Wildman–Crippen LogP) is 1.67. The van der Waals surface area contributed by atoms with Crippen LogP contribution in [0.5, 0.6) is 5.75 Å². The number of amides is 1. The molecule has 3 N–H and O–H groups in total. The van der Waals surface area contributed by atoms with Gasteiger partial charge in [-0.25, -0.2) is 4.68 Å². The van der Waals surface area contributed by atoms with Crippen molar-refractivity contribution in [3.8, 4) is 17.1 Å². The zero-order chi connectivity index (χ0) is 16.8. The predicted molar refractivity (Wildman–Crippen MR) is 90.8 cm³/mol. The van der Waals surface area contributed by atoms with Crippen molar-refractivity contribution in [1.82, 2.24) is 20.2 Å². The van der Waals surface area contributed by atoms with Gasteiger partial charge in [-0.3, -0.25) is 4.79 Å². The molecule has 2 rings (SSSR count). The molecule has 7 nitrogen and oxygen atoms in total. The van der Waals surface area contributed by atoms with Gasteiger partial charge in [-0.05, 0) is 25.5 Å². The molecule has 0 bridgehead atoms. The highest BCUT2D eigenvalue weighted by Crippen LogP contribution is 2.29. The topological polar surface area (TPSA) is 95.1 Å². The van der Waals surface area contributed by atoms with E-state index < -0.39 is 0 Å². The zero-order valence-electron chi connectivity index (χ0n) is 13.4. The van der Waals surface area contributed by atoms with Crippen molar-refractivity contribution in [3.63, 3.8) is 0 Å². The number of benzene rings is 1. The molecule has 23 heavy (non-hydrogen) atoms. The highest BCUT2D eigenvalue weighted by Gasteiger charge is 2.16. The highest BCUT2D eigenvalue weighted by atomic mass is 32.2. The first kappa shape index (κ1) is 17.1. The quantitative estimate of drug-likeness (QED) is 0.590. The number of rotatable bonds is 7. The van der Waals surface area contributed by atoms with Crippen LogP contribution in [0.2, 0.25) is 0 Å². The second-order valence-corrected chi connectivity index (χ2v) is 5.98. The van der Waals surface area contributed by atoms with Crippen LogP contribution in [0.25, 0.3) is 11.4 Å². The molecule has 124 valence electrons. The summed E-state index contributed by atoms with van der Waals surface area (Å²) in [4.78, 5) is 11.8. The number of thioether (sulfide) groups is 1. The fourth-order valence-corrected chi connectivity index (χ4v) is 2.60. The third-order valence-electron chi connectivity index (χ3n) is 3.36. The van der Waals surface area contributed by atoms with Gasteiger partial charge in [-0.1, -0.05) is 30.8 Å². The van der Waals surface area contributed by atoms with Gasteiger partial charge in [-0.2, -0.15) is 0 Å². The Labute approximate surface area is 139 Å². The largest absolute Gasteiger partial charge is 0.496 e. The van der Waals surface area contributed by atoms with Crippen molar-refractivity contribution in [3.05, 3.63) is 24.3 Å². The number of ether oxygens (including phenoxy) is 1. The Morgan fingerprint density at radius 3 is 2.87 bits per heavy atom. The minimum Gasteiger partial charge on any atom is -0.496 e. The summed E-state index contributed by atoms with van der Waals surface area (Å²) in [5, 5.41) is 11.5. The molecule has 0 aliphatic rings. The average Bonchev–Trinajstić information content (AvgIpc) is 2.93. The van der Waals surface area contributed by atoms with E-state index in [-0.39, 0.29) is 17.7 Å². The van der Waals surface area contributed by atoms with Crippen molar-refractivity contribution >= 4 is 17.7 Å². The lowest BCUT2D eigenvalue weighted by Gasteiger charge is -2.11. The van der Waals surface area contributed by atoms with Gasteiger partial charge in [-0.15, -0.1) is 10.2 Å². The minimum absolute atomic E-state index is 0.0498. The first-order valence-electron chi connectivity index (χ1n) is 7.32. The Hall–Kier alpha value is -2.22. The van der Waals surface area contributed by atoms with Gasteiger partial charge in [0.05, 0.1) is 18.4 Å². The van der Waals surface area contributed by atoms with E-state index in [2.05, 4.69) is 15.5 Å². The Morgan fingerprint density at radius 2 is 2.17 bits per heavy atom. The summed E-state index contributed by atoms with van der Waals surface area (Å²) in [6, 6.07) is 7.59. The molecule has 8 heteroatoms. The van der Waals surface area contributed by atoms with Gasteiger partial charge in [0.25, 0.3) is 0 Å². The first-order valence-corrected chi connectivity index (χ1v) is 8.31. The van der Waals surface area contributed by atoms with Gasteiger partial charge in [0.2, 0.25) is 11.1 Å². The summed E-state index contributed by atoms with van der Waals surface area (Å²) < 4.78 is 6.68. The number of aromatic nitrogens is 3. The van der Waals surface area contributed by atoms with Crippen molar-refractivity contribution in [2.24, 2.45) is 0 Å². The summed E-state index contributed by atoms with van der Waals surface area (Å²) in [5.41, 5.74) is 0.751. The number of carbonyl (C=O) groups is 1. The standard InChI is InChI=1S/C15H21N5O2S/c1-4-10(2)17-13(21)9-23-15-19-18-14(20(15)16)11-7-5-6-8-12(11)22-3/h5-8,10H,4,9,16H2,1-3H3,(H,17,21)/t10-/m0/s1. The maximum absolute atomic E-state index is 11.8. The lowest BCUT2D eigenvalue weighted by molar-refractivity contribution is -0.119. The molecular weight excluding hydrogens is 314 g/mol. The van der Waals surface area contributed by atoms with Crippen LogP contribution in [0.1, 0.15) is 20.3 Å². The van der Waals surface area contributed by atoms with Crippen LogP contribution < -0.4 is 15.9 Å². The summed E-state index contributed by atoms with van der Waals surface area (Å²) in [5.74, 6) is 7.41. The number of nitrogen functional groups attached to an aromatic ring is 1. The summed E-state index contributed by atoms with van der Waals surface area (Å²) in [7, 11) is 1.59. The number of para-hydroxylation sites is 1. The lowest BCUT2D eigenvalue weighted by Crippen LogP contribution is -2.33. The number of nitrogens with two attached hydrogens (primary N) is 1. The second-order valence-electron chi connectivity index (χ2n) is 5.04. The average molecular weight is 335 g/mol. The number of methoxy groups -OCH3 is 1. The smallest absolute Gasteiger partial charge is 0.230 e. The summed E-state index contributed by atoms with van der Waals surface area (Å²) in [6.45, 7) is 3.99. The molecule has 0 spiro atoms. The first-order chi connectivity index (χ1) is 11.1. The molecule has 0 aliphatic carbocycles. The monoisotopic (exact) mass is 335 g/mol. The van der Waals surface area contributed by atoms with Crippen molar-refractivity contribution < 1.29 is 9.53 Å². The van der Waals surface area contributed by atoms with Gasteiger partial charge in [0.15, 0.2) is 5.82 Å². The van der Waals surface area contributed by atoms with Crippen LogP contribution >= 0.6 is 11.8 Å². The number of nitrogens with zero attached hydrogens (tertiary/aromatic N) is 3. The van der Waals surface area contributed by atoms with E-state index in [9.17, 15) is 4.79 Å². The number of carbonyl (C=O) groups excluding carboxylic acids is 1. The van der Waals surface area contributed by atoms with E-state index in [0.717, 1.165) is 12.0 Å². The third kappa shape index (κ3) is 4.16. The van der Waals surface area contributed by atoms with E-state index in [1.807, 2.05) is 38.1 Å². The van der Waals surface area contributed by atoms with E-state index in [1.165, 1.54) is 16.4 Å². The fraction of sp³-hybridized carbons (Fsp3) is 0.400. The van der Waals surface area contributed by atoms with Gasteiger partial charge >= 0.3 is 0 Å².